The fourth-order valence-electron chi connectivity index (χ4n) is 2.72. The quantitative estimate of drug-likeness (QED) is 0.682. The van der Waals surface area contributed by atoms with Crippen LogP contribution in [-0.4, -0.2) is 53.5 Å². The molecule has 0 bridgehead atoms. The number of carbonyl (C=O) groups excluding carboxylic acids is 2. The topological polar surface area (TPSA) is 98.7 Å². The van der Waals surface area contributed by atoms with Gasteiger partial charge in [0, 0.05) is 25.8 Å². The fourth-order valence-corrected chi connectivity index (χ4v) is 2.72. The minimum absolute atomic E-state index is 0.0101. The van der Waals surface area contributed by atoms with Crippen molar-refractivity contribution in [1.29, 1.82) is 0 Å². The van der Waals surface area contributed by atoms with Crippen LogP contribution in [0.5, 0.6) is 0 Å². The first-order chi connectivity index (χ1) is 9.92. The number of anilines is 1. The lowest BCUT2D eigenvalue weighted by Crippen LogP contribution is -2.65. The van der Waals surface area contributed by atoms with E-state index in [-0.39, 0.29) is 18.2 Å². The summed E-state index contributed by atoms with van der Waals surface area (Å²) < 4.78 is 0. The van der Waals surface area contributed by atoms with Crippen molar-refractivity contribution in [2.45, 2.75) is 12.0 Å². The summed E-state index contributed by atoms with van der Waals surface area (Å²) in [5.41, 5.74) is 0.836. The number of rotatable bonds is 4. The highest BCUT2D eigenvalue weighted by Gasteiger charge is 2.40. The van der Waals surface area contributed by atoms with E-state index in [1.807, 2.05) is 0 Å². The number of imide groups is 1. The molecule has 2 aliphatic heterocycles. The van der Waals surface area contributed by atoms with Gasteiger partial charge < -0.3 is 15.7 Å². The second-order valence-corrected chi connectivity index (χ2v) is 5.51. The Bertz CT molecular complexity index is 652. The standard InChI is InChI=1S/C14H15N3O4/c1-17-12(20)9-3-2-8(4-10(9)13(17)21)16-14(5-11(18)19)6-15-7-14/h2-4,15-16H,5-7H2,1H3,(H,18,19). The predicted molar refractivity (Wildman–Crippen MR) is 74.3 cm³/mol. The summed E-state index contributed by atoms with van der Waals surface area (Å²) in [7, 11) is 1.44. The van der Waals surface area contributed by atoms with Crippen LogP contribution in [0.4, 0.5) is 5.69 Å². The van der Waals surface area contributed by atoms with Crippen LogP contribution < -0.4 is 10.6 Å². The van der Waals surface area contributed by atoms with E-state index in [9.17, 15) is 14.4 Å². The summed E-state index contributed by atoms with van der Waals surface area (Å²) >= 11 is 0. The van der Waals surface area contributed by atoms with Gasteiger partial charge in [0.1, 0.15) is 0 Å². The highest BCUT2D eigenvalue weighted by Crippen LogP contribution is 2.28. The number of aliphatic carboxylic acids is 1. The van der Waals surface area contributed by atoms with E-state index in [0.717, 1.165) is 4.90 Å². The molecule has 7 nitrogen and oxygen atoms in total. The van der Waals surface area contributed by atoms with Crippen LogP contribution in [-0.2, 0) is 4.79 Å². The number of carboxylic acid groups (broad SMARTS) is 1. The molecule has 3 rings (SSSR count). The molecule has 0 atom stereocenters. The molecule has 110 valence electrons. The molecule has 1 aromatic rings. The normalized spacial score (nSPS) is 19.2. The maximum absolute atomic E-state index is 12.0. The first kappa shape index (κ1) is 13.6. The number of fused-ring (bicyclic) bond motifs is 1. The minimum Gasteiger partial charge on any atom is -0.481 e. The Morgan fingerprint density at radius 2 is 2.00 bits per heavy atom. The Morgan fingerprint density at radius 3 is 2.57 bits per heavy atom. The molecule has 3 N–H and O–H groups in total. The smallest absolute Gasteiger partial charge is 0.305 e. The van der Waals surface area contributed by atoms with Crippen LogP contribution in [0.25, 0.3) is 0 Å². The summed E-state index contributed by atoms with van der Waals surface area (Å²) in [5.74, 6) is -1.53. The molecule has 1 aromatic carbocycles. The van der Waals surface area contributed by atoms with E-state index >= 15 is 0 Å². The van der Waals surface area contributed by atoms with Crippen LogP contribution in [0.1, 0.15) is 27.1 Å². The number of amides is 2. The van der Waals surface area contributed by atoms with E-state index in [1.165, 1.54) is 7.05 Å². The van der Waals surface area contributed by atoms with Gasteiger partial charge in [0.2, 0.25) is 0 Å². The molecule has 1 saturated heterocycles. The lowest BCUT2D eigenvalue weighted by molar-refractivity contribution is -0.138. The first-order valence-corrected chi connectivity index (χ1v) is 6.59. The number of carboxylic acids is 1. The second kappa shape index (κ2) is 4.56. The lowest BCUT2D eigenvalue weighted by atomic mass is 9.88. The van der Waals surface area contributed by atoms with Gasteiger partial charge in [0.05, 0.1) is 23.1 Å². The molecule has 2 amide bonds. The Labute approximate surface area is 120 Å². The van der Waals surface area contributed by atoms with Crippen LogP contribution >= 0.6 is 0 Å². The van der Waals surface area contributed by atoms with Gasteiger partial charge in [0.25, 0.3) is 11.8 Å². The van der Waals surface area contributed by atoms with Gasteiger partial charge in [-0.05, 0) is 18.2 Å². The molecule has 2 aliphatic rings. The van der Waals surface area contributed by atoms with E-state index in [2.05, 4.69) is 10.6 Å². The third-order valence-electron chi connectivity index (χ3n) is 3.92. The average Bonchev–Trinajstić information content (AvgIpc) is 2.61. The van der Waals surface area contributed by atoms with Gasteiger partial charge >= 0.3 is 5.97 Å². The van der Waals surface area contributed by atoms with Gasteiger partial charge in [-0.1, -0.05) is 0 Å². The number of carbonyl (C=O) groups is 3. The van der Waals surface area contributed by atoms with Gasteiger partial charge in [-0.25, -0.2) is 0 Å². The van der Waals surface area contributed by atoms with Gasteiger partial charge in [0.15, 0.2) is 0 Å². The van der Waals surface area contributed by atoms with Gasteiger partial charge in [-0.3, -0.25) is 19.3 Å². The SMILES string of the molecule is CN1C(=O)c2ccc(NC3(CC(=O)O)CNC3)cc2C1=O. The van der Waals surface area contributed by atoms with Gasteiger partial charge in [-0.2, -0.15) is 0 Å². The molecule has 2 heterocycles. The van der Waals surface area contributed by atoms with Crippen LogP contribution in [0.15, 0.2) is 18.2 Å². The molecule has 7 heteroatoms. The number of benzene rings is 1. The Balaban J connectivity index is 1.87. The fraction of sp³-hybridized carbons (Fsp3) is 0.357. The van der Waals surface area contributed by atoms with Crippen molar-refractivity contribution in [2.75, 3.05) is 25.5 Å². The van der Waals surface area contributed by atoms with E-state index in [1.54, 1.807) is 18.2 Å². The molecule has 0 aromatic heterocycles. The zero-order chi connectivity index (χ0) is 15.2. The first-order valence-electron chi connectivity index (χ1n) is 6.59. The van der Waals surface area contributed by atoms with E-state index in [0.29, 0.717) is 29.9 Å². The molecule has 0 saturated carbocycles. The summed E-state index contributed by atoms with van der Waals surface area (Å²) in [6, 6.07) is 4.91. The molecule has 0 spiro atoms. The molecular weight excluding hydrogens is 274 g/mol. The van der Waals surface area contributed by atoms with Crippen molar-refractivity contribution in [3.05, 3.63) is 29.3 Å². The third-order valence-corrected chi connectivity index (χ3v) is 3.92. The Hall–Kier alpha value is -2.41. The minimum atomic E-state index is -0.879. The zero-order valence-electron chi connectivity index (χ0n) is 11.5. The molecule has 1 fully saturated rings. The summed E-state index contributed by atoms with van der Waals surface area (Å²) in [6.45, 7) is 1.09. The summed E-state index contributed by atoms with van der Waals surface area (Å²) in [4.78, 5) is 35.8. The largest absolute Gasteiger partial charge is 0.481 e. The van der Waals surface area contributed by atoms with E-state index < -0.39 is 11.5 Å². The molecule has 0 aliphatic carbocycles. The summed E-state index contributed by atoms with van der Waals surface area (Å²) in [6.07, 6.45) is -0.0101. The van der Waals surface area contributed by atoms with Crippen molar-refractivity contribution in [2.24, 2.45) is 0 Å². The monoisotopic (exact) mass is 289 g/mol. The van der Waals surface area contributed by atoms with Crippen LogP contribution in [0.3, 0.4) is 0 Å². The zero-order valence-corrected chi connectivity index (χ0v) is 11.5. The molecular formula is C14H15N3O4. The molecule has 0 radical (unpaired) electrons. The lowest BCUT2D eigenvalue weighted by Gasteiger charge is -2.43. The predicted octanol–water partition coefficient (Wildman–Crippen LogP) is 0.141. The Morgan fingerprint density at radius 1 is 1.33 bits per heavy atom. The highest BCUT2D eigenvalue weighted by atomic mass is 16.4. The number of nitrogens with one attached hydrogen (secondary N) is 2. The van der Waals surface area contributed by atoms with Crippen molar-refractivity contribution in [1.82, 2.24) is 10.2 Å². The Kier molecular flexibility index (Phi) is 2.94. The third kappa shape index (κ3) is 2.15. The van der Waals surface area contributed by atoms with Crippen LogP contribution in [0, 0.1) is 0 Å². The van der Waals surface area contributed by atoms with Crippen molar-refractivity contribution in [3.8, 4) is 0 Å². The molecule has 0 unspecified atom stereocenters. The second-order valence-electron chi connectivity index (χ2n) is 5.51. The molecule has 21 heavy (non-hydrogen) atoms. The summed E-state index contributed by atoms with van der Waals surface area (Å²) in [5, 5.41) is 15.2. The van der Waals surface area contributed by atoms with Crippen molar-refractivity contribution < 1.29 is 19.5 Å². The maximum Gasteiger partial charge on any atom is 0.305 e. The number of nitrogens with zero attached hydrogens (tertiary/aromatic N) is 1. The number of hydrogen-bond acceptors (Lipinski definition) is 5. The van der Waals surface area contributed by atoms with Crippen molar-refractivity contribution >= 4 is 23.5 Å². The van der Waals surface area contributed by atoms with Gasteiger partial charge in [-0.15, -0.1) is 0 Å². The van der Waals surface area contributed by atoms with Crippen molar-refractivity contribution in [3.63, 3.8) is 0 Å². The number of hydrogen-bond donors (Lipinski definition) is 3. The van der Waals surface area contributed by atoms with Crippen LogP contribution in [0.2, 0.25) is 0 Å². The highest BCUT2D eigenvalue weighted by molar-refractivity contribution is 6.21. The average molecular weight is 289 g/mol. The van der Waals surface area contributed by atoms with E-state index in [4.69, 9.17) is 5.11 Å². The maximum atomic E-state index is 12.0.